The van der Waals surface area contributed by atoms with Crippen LogP contribution in [0.5, 0.6) is 5.75 Å². The molecule has 0 aliphatic rings. The molecule has 94 valence electrons. The zero-order valence-corrected chi connectivity index (χ0v) is 10.4. The lowest BCUT2D eigenvalue weighted by atomic mass is 10.0. The molecule has 0 saturated carbocycles. The van der Waals surface area contributed by atoms with Crippen LogP contribution in [0.15, 0.2) is 41.6 Å². The van der Waals surface area contributed by atoms with E-state index in [2.05, 4.69) is 5.16 Å². The van der Waals surface area contributed by atoms with E-state index in [0.29, 0.717) is 5.56 Å². The number of benzene rings is 2. The predicted molar refractivity (Wildman–Crippen MR) is 72.2 cm³/mol. The van der Waals surface area contributed by atoms with E-state index in [1.54, 1.807) is 6.07 Å². The van der Waals surface area contributed by atoms with Crippen molar-refractivity contribution < 1.29 is 9.94 Å². The maximum absolute atomic E-state index is 8.79. The molecule has 4 heteroatoms. The van der Waals surface area contributed by atoms with Crippen molar-refractivity contribution in [3.63, 3.8) is 0 Å². The molecule has 2 aromatic carbocycles. The summed E-state index contributed by atoms with van der Waals surface area (Å²) in [4.78, 5) is 0. The quantitative estimate of drug-likeness (QED) is 0.377. The van der Waals surface area contributed by atoms with Gasteiger partial charge in [-0.25, -0.2) is 0 Å². The molecule has 0 saturated heterocycles. The highest BCUT2D eigenvalue weighted by molar-refractivity contribution is 6.10. The van der Waals surface area contributed by atoms with Crippen LogP contribution < -0.4 is 10.5 Å². The first kappa shape index (κ1) is 12.2. The molecular weight excluding hydrogens is 228 g/mol. The molecule has 0 unspecified atom stereocenters. The minimum absolute atomic E-state index is 0.0993. The van der Waals surface area contributed by atoms with Gasteiger partial charge in [-0.3, -0.25) is 0 Å². The van der Waals surface area contributed by atoms with Crippen molar-refractivity contribution in [2.24, 2.45) is 10.9 Å². The van der Waals surface area contributed by atoms with E-state index >= 15 is 0 Å². The summed E-state index contributed by atoms with van der Waals surface area (Å²) in [6.07, 6.45) is 0.100. The van der Waals surface area contributed by atoms with Gasteiger partial charge in [0.05, 0.1) is 6.10 Å². The van der Waals surface area contributed by atoms with E-state index in [-0.39, 0.29) is 11.9 Å². The van der Waals surface area contributed by atoms with Crippen molar-refractivity contribution in [1.29, 1.82) is 0 Å². The fourth-order valence-corrected chi connectivity index (χ4v) is 1.91. The first-order valence-electron chi connectivity index (χ1n) is 5.79. The number of amidine groups is 1. The third kappa shape index (κ3) is 2.22. The van der Waals surface area contributed by atoms with Crippen LogP contribution in [-0.4, -0.2) is 17.1 Å². The zero-order valence-electron chi connectivity index (χ0n) is 10.4. The zero-order chi connectivity index (χ0) is 13.1. The van der Waals surface area contributed by atoms with Crippen molar-refractivity contribution in [1.82, 2.24) is 0 Å². The topological polar surface area (TPSA) is 67.8 Å². The molecule has 0 atom stereocenters. The molecule has 18 heavy (non-hydrogen) atoms. The summed E-state index contributed by atoms with van der Waals surface area (Å²) in [5, 5.41) is 13.7. The highest BCUT2D eigenvalue weighted by Crippen LogP contribution is 2.29. The van der Waals surface area contributed by atoms with Crippen molar-refractivity contribution in [3.05, 3.63) is 42.0 Å². The first-order valence-corrected chi connectivity index (χ1v) is 5.79. The molecule has 0 amide bonds. The molecule has 2 rings (SSSR count). The van der Waals surface area contributed by atoms with Gasteiger partial charge < -0.3 is 15.7 Å². The molecule has 0 radical (unpaired) electrons. The lowest BCUT2D eigenvalue weighted by Gasteiger charge is -2.14. The Morgan fingerprint density at radius 2 is 1.83 bits per heavy atom. The van der Waals surface area contributed by atoms with Gasteiger partial charge in [0, 0.05) is 10.9 Å². The van der Waals surface area contributed by atoms with Crippen LogP contribution in [0.2, 0.25) is 0 Å². The smallest absolute Gasteiger partial charge is 0.170 e. The van der Waals surface area contributed by atoms with Gasteiger partial charge >= 0.3 is 0 Å². The van der Waals surface area contributed by atoms with Gasteiger partial charge in [-0.1, -0.05) is 29.4 Å². The van der Waals surface area contributed by atoms with E-state index in [0.717, 1.165) is 16.5 Å². The van der Waals surface area contributed by atoms with Gasteiger partial charge in [0.2, 0.25) is 0 Å². The second-order valence-corrected chi connectivity index (χ2v) is 4.31. The van der Waals surface area contributed by atoms with Gasteiger partial charge in [0.15, 0.2) is 5.84 Å². The van der Waals surface area contributed by atoms with Gasteiger partial charge in [-0.2, -0.15) is 0 Å². The number of ether oxygens (including phenoxy) is 1. The fourth-order valence-electron chi connectivity index (χ4n) is 1.91. The second-order valence-electron chi connectivity index (χ2n) is 4.31. The van der Waals surface area contributed by atoms with Gasteiger partial charge in [0.25, 0.3) is 0 Å². The summed E-state index contributed by atoms with van der Waals surface area (Å²) < 4.78 is 5.75. The van der Waals surface area contributed by atoms with E-state index < -0.39 is 0 Å². The first-order chi connectivity index (χ1) is 8.63. The molecule has 0 spiro atoms. The van der Waals surface area contributed by atoms with E-state index in [9.17, 15) is 0 Å². The standard InChI is InChI=1S/C14H16N2O2/c1-9(2)18-13-8-7-12(14(15)16-17)10-5-3-4-6-11(10)13/h3-9,17H,1-2H3,(H2,15,16). The minimum Gasteiger partial charge on any atom is -0.490 e. The van der Waals surface area contributed by atoms with Crippen LogP contribution in [0.1, 0.15) is 19.4 Å². The Labute approximate surface area is 106 Å². The van der Waals surface area contributed by atoms with E-state index in [1.165, 1.54) is 0 Å². The van der Waals surface area contributed by atoms with Crippen molar-refractivity contribution in [2.45, 2.75) is 20.0 Å². The molecule has 0 aromatic heterocycles. The Morgan fingerprint density at radius 3 is 2.44 bits per heavy atom. The average Bonchev–Trinajstić information content (AvgIpc) is 2.38. The molecule has 0 fully saturated rings. The molecule has 3 N–H and O–H groups in total. The molecule has 4 nitrogen and oxygen atoms in total. The SMILES string of the molecule is CC(C)Oc1ccc(/C(N)=N/O)c2ccccc12. The number of oxime groups is 1. The fraction of sp³-hybridized carbons (Fsp3) is 0.214. The van der Waals surface area contributed by atoms with Crippen LogP contribution in [0, 0.1) is 0 Å². The molecule has 2 aromatic rings. The lowest BCUT2D eigenvalue weighted by molar-refractivity contribution is 0.245. The monoisotopic (exact) mass is 244 g/mol. The molecule has 0 aliphatic heterocycles. The maximum Gasteiger partial charge on any atom is 0.170 e. The second kappa shape index (κ2) is 4.96. The molecule has 0 aliphatic carbocycles. The predicted octanol–water partition coefficient (Wildman–Crippen LogP) is 2.72. The lowest BCUT2D eigenvalue weighted by Crippen LogP contribution is -2.14. The normalized spacial score (nSPS) is 12.1. The summed E-state index contributed by atoms with van der Waals surface area (Å²) in [5.74, 6) is 0.900. The van der Waals surface area contributed by atoms with Crippen LogP contribution in [0.3, 0.4) is 0 Å². The van der Waals surface area contributed by atoms with Crippen molar-refractivity contribution >= 4 is 16.6 Å². The average molecular weight is 244 g/mol. The summed E-state index contributed by atoms with van der Waals surface area (Å²) in [5.41, 5.74) is 6.37. The summed E-state index contributed by atoms with van der Waals surface area (Å²) in [6, 6.07) is 11.4. The van der Waals surface area contributed by atoms with Crippen LogP contribution in [0.25, 0.3) is 10.8 Å². The van der Waals surface area contributed by atoms with Crippen molar-refractivity contribution in [2.75, 3.05) is 0 Å². The Hall–Kier alpha value is -2.23. The Morgan fingerprint density at radius 1 is 1.17 bits per heavy atom. The number of nitrogens with two attached hydrogens (primary N) is 1. The minimum atomic E-state index is 0.0993. The van der Waals surface area contributed by atoms with Crippen molar-refractivity contribution in [3.8, 4) is 5.75 Å². The van der Waals surface area contributed by atoms with E-state index in [1.807, 2.05) is 44.2 Å². The van der Waals surface area contributed by atoms with Gasteiger partial charge in [0.1, 0.15) is 5.75 Å². The van der Waals surface area contributed by atoms with Crippen LogP contribution >= 0.6 is 0 Å². The van der Waals surface area contributed by atoms with E-state index in [4.69, 9.17) is 15.7 Å². The Bertz CT molecular complexity index is 591. The molecular formula is C14H16N2O2. The maximum atomic E-state index is 8.79. The van der Waals surface area contributed by atoms with Crippen LogP contribution in [0.4, 0.5) is 0 Å². The molecule has 0 bridgehead atoms. The number of fused-ring (bicyclic) bond motifs is 1. The highest BCUT2D eigenvalue weighted by Gasteiger charge is 2.10. The highest BCUT2D eigenvalue weighted by atomic mass is 16.5. The largest absolute Gasteiger partial charge is 0.490 e. The Balaban J connectivity index is 2.66. The number of nitrogens with zero attached hydrogens (tertiary/aromatic N) is 1. The van der Waals surface area contributed by atoms with Gasteiger partial charge in [-0.15, -0.1) is 0 Å². The van der Waals surface area contributed by atoms with Gasteiger partial charge in [-0.05, 0) is 31.4 Å². The summed E-state index contributed by atoms with van der Waals surface area (Å²) in [6.45, 7) is 3.96. The number of hydrogen-bond acceptors (Lipinski definition) is 3. The summed E-state index contributed by atoms with van der Waals surface area (Å²) >= 11 is 0. The van der Waals surface area contributed by atoms with Crippen LogP contribution in [-0.2, 0) is 0 Å². The number of hydrogen-bond donors (Lipinski definition) is 2. The summed E-state index contributed by atoms with van der Waals surface area (Å²) in [7, 11) is 0. The molecule has 0 heterocycles. The Kier molecular flexibility index (Phi) is 3.37. The third-order valence-electron chi connectivity index (χ3n) is 2.63. The third-order valence-corrected chi connectivity index (χ3v) is 2.63. The number of rotatable bonds is 3.